The molecule has 1 N–H and O–H groups in total. The Morgan fingerprint density at radius 2 is 1.22 bits per heavy atom. The van der Waals surface area contributed by atoms with Gasteiger partial charge >= 0.3 is 6.09 Å². The number of hydrogen-bond donors (Lipinski definition) is 1. The first-order valence-corrected chi connectivity index (χ1v) is 13.6. The maximum atomic E-state index is 12.0. The lowest BCUT2D eigenvalue weighted by Crippen LogP contribution is -2.42. The van der Waals surface area contributed by atoms with Crippen molar-refractivity contribution in [2.24, 2.45) is 11.8 Å². The summed E-state index contributed by atoms with van der Waals surface area (Å²) in [4.78, 5) is 13.8. The van der Waals surface area contributed by atoms with Crippen molar-refractivity contribution in [2.75, 3.05) is 26.2 Å². The molecule has 2 fully saturated rings. The zero-order chi connectivity index (χ0) is 25.3. The summed E-state index contributed by atoms with van der Waals surface area (Å²) in [6, 6.07) is 16.3. The molecule has 0 aliphatic carbocycles. The van der Waals surface area contributed by atoms with E-state index in [1.54, 1.807) is 0 Å². The van der Waals surface area contributed by atoms with Crippen molar-refractivity contribution in [1.29, 1.82) is 0 Å². The van der Waals surface area contributed by atoms with E-state index in [-0.39, 0.29) is 30.9 Å². The number of nitrogens with one attached hydrogen (secondary N) is 1. The second-order valence-corrected chi connectivity index (χ2v) is 11.6. The number of piperidine rings is 2. The molecule has 2 aromatic carbocycles. The van der Waals surface area contributed by atoms with E-state index in [4.69, 9.17) is 27.9 Å². The maximum absolute atomic E-state index is 12.0. The van der Waals surface area contributed by atoms with Crippen molar-refractivity contribution in [3.05, 3.63) is 69.7 Å². The third kappa shape index (κ3) is 13.0. The summed E-state index contributed by atoms with van der Waals surface area (Å²) in [6.07, 6.45) is 6.75. The molecule has 8 heteroatoms. The third-order valence-corrected chi connectivity index (χ3v) is 7.10. The predicted molar refractivity (Wildman–Crippen MR) is 161 cm³/mol. The molecule has 0 saturated carbocycles. The third-order valence-electron chi connectivity index (χ3n) is 6.60. The van der Waals surface area contributed by atoms with Gasteiger partial charge in [0.1, 0.15) is 5.60 Å². The van der Waals surface area contributed by atoms with Crippen LogP contribution in [-0.4, -0.2) is 42.8 Å². The number of carbonyl (C=O) groups is 1. The van der Waals surface area contributed by atoms with Gasteiger partial charge in [0.05, 0.1) is 0 Å². The molecule has 2 aromatic rings. The monoisotopic (exact) mass is 590 g/mol. The fourth-order valence-electron chi connectivity index (χ4n) is 4.64. The molecule has 0 aromatic heterocycles. The summed E-state index contributed by atoms with van der Waals surface area (Å²) < 4.78 is 5.42. The van der Waals surface area contributed by atoms with E-state index in [0.29, 0.717) is 5.92 Å². The second kappa shape index (κ2) is 16.7. The average Bonchev–Trinajstić information content (AvgIpc) is 2.83. The molecule has 208 valence electrons. The highest BCUT2D eigenvalue weighted by molar-refractivity contribution is 6.30. The SMILES string of the molecule is CC(C)(C)OC(=O)N1CCC(Cc2ccc(Cl)cc2)CC1.Cl.Cl.Clc1ccc(CC2CCNCC2)cc1. The number of nitrogens with zero attached hydrogens (tertiary/aromatic N) is 1. The second-order valence-electron chi connectivity index (χ2n) is 10.8. The van der Waals surface area contributed by atoms with E-state index < -0.39 is 5.60 Å². The number of carbonyl (C=O) groups excluding carboxylic acids is 1. The van der Waals surface area contributed by atoms with Crippen LogP contribution in [0.2, 0.25) is 10.0 Å². The average molecular weight is 592 g/mol. The Morgan fingerprint density at radius 1 is 0.811 bits per heavy atom. The fourth-order valence-corrected chi connectivity index (χ4v) is 4.89. The van der Waals surface area contributed by atoms with Crippen LogP contribution >= 0.6 is 48.0 Å². The first kappa shape index (κ1) is 33.9. The Kier molecular flexibility index (Phi) is 15.3. The molecule has 2 aliphatic heterocycles. The summed E-state index contributed by atoms with van der Waals surface area (Å²) >= 11 is 11.7. The van der Waals surface area contributed by atoms with Crippen molar-refractivity contribution in [1.82, 2.24) is 10.2 Å². The molecule has 4 rings (SSSR count). The molecule has 4 nitrogen and oxygen atoms in total. The van der Waals surface area contributed by atoms with Crippen LogP contribution in [0.1, 0.15) is 57.6 Å². The van der Waals surface area contributed by atoms with Crippen LogP contribution in [0.25, 0.3) is 0 Å². The van der Waals surface area contributed by atoms with E-state index in [1.807, 2.05) is 49.9 Å². The lowest BCUT2D eigenvalue weighted by atomic mass is 9.90. The van der Waals surface area contributed by atoms with Crippen LogP contribution in [-0.2, 0) is 17.6 Å². The first-order chi connectivity index (χ1) is 16.7. The van der Waals surface area contributed by atoms with Gasteiger partial charge in [0, 0.05) is 23.1 Å². The highest BCUT2D eigenvalue weighted by Crippen LogP contribution is 2.24. The van der Waals surface area contributed by atoms with Crippen LogP contribution in [0.3, 0.4) is 0 Å². The Hall–Kier alpha value is -1.17. The van der Waals surface area contributed by atoms with Gasteiger partial charge in [-0.05, 0) is 120 Å². The molecule has 0 atom stereocenters. The Bertz CT molecular complexity index is 903. The number of halogens is 4. The molecule has 0 unspecified atom stereocenters. The summed E-state index contributed by atoms with van der Waals surface area (Å²) in [5, 5.41) is 5.00. The normalized spacial score (nSPS) is 16.5. The van der Waals surface area contributed by atoms with Gasteiger partial charge in [0.2, 0.25) is 0 Å². The van der Waals surface area contributed by atoms with Crippen LogP contribution in [0.4, 0.5) is 4.79 Å². The molecule has 0 bridgehead atoms. The fraction of sp³-hybridized carbons (Fsp3) is 0.552. The largest absolute Gasteiger partial charge is 0.444 e. The molecule has 2 saturated heterocycles. The molecular formula is C29H42Cl4N2O2. The minimum atomic E-state index is -0.419. The summed E-state index contributed by atoms with van der Waals surface area (Å²) in [5.41, 5.74) is 2.31. The van der Waals surface area contributed by atoms with Crippen LogP contribution in [0.5, 0.6) is 0 Å². The van der Waals surface area contributed by atoms with Crippen LogP contribution < -0.4 is 5.32 Å². The van der Waals surface area contributed by atoms with E-state index in [2.05, 4.69) is 29.6 Å². The van der Waals surface area contributed by atoms with Crippen molar-refractivity contribution >= 4 is 54.1 Å². The predicted octanol–water partition coefficient (Wildman–Crippen LogP) is 8.26. The number of ether oxygens (including phenoxy) is 1. The zero-order valence-electron chi connectivity index (χ0n) is 22.2. The zero-order valence-corrected chi connectivity index (χ0v) is 25.3. The first-order valence-electron chi connectivity index (χ1n) is 12.9. The van der Waals surface area contributed by atoms with Gasteiger partial charge in [-0.3, -0.25) is 0 Å². The molecule has 37 heavy (non-hydrogen) atoms. The van der Waals surface area contributed by atoms with Gasteiger partial charge in [-0.2, -0.15) is 0 Å². The molecule has 1 amide bonds. The molecule has 2 heterocycles. The van der Waals surface area contributed by atoms with Crippen molar-refractivity contribution in [3.8, 4) is 0 Å². The summed E-state index contributed by atoms with van der Waals surface area (Å²) in [5.74, 6) is 1.49. The van der Waals surface area contributed by atoms with Crippen molar-refractivity contribution < 1.29 is 9.53 Å². The lowest BCUT2D eigenvalue weighted by Gasteiger charge is -2.33. The maximum Gasteiger partial charge on any atom is 0.410 e. The molecule has 2 aliphatic rings. The van der Waals surface area contributed by atoms with Gasteiger partial charge in [0.25, 0.3) is 0 Å². The van der Waals surface area contributed by atoms with Gasteiger partial charge in [-0.15, -0.1) is 24.8 Å². The van der Waals surface area contributed by atoms with Crippen LogP contribution in [0, 0.1) is 11.8 Å². The molecular weight excluding hydrogens is 550 g/mol. The smallest absolute Gasteiger partial charge is 0.410 e. The number of likely N-dealkylation sites (tertiary alicyclic amines) is 1. The number of rotatable bonds is 4. The summed E-state index contributed by atoms with van der Waals surface area (Å²) in [6.45, 7) is 9.63. The molecule has 0 spiro atoms. The minimum Gasteiger partial charge on any atom is -0.444 e. The van der Waals surface area contributed by atoms with Gasteiger partial charge in [-0.25, -0.2) is 4.79 Å². The van der Waals surface area contributed by atoms with Gasteiger partial charge < -0.3 is 15.0 Å². The number of hydrogen-bond acceptors (Lipinski definition) is 3. The Balaban J connectivity index is 0.000000375. The standard InChI is InChI=1S/C17H24ClNO2.C12H16ClN.2ClH/c1-17(2,3)21-16(20)19-10-8-14(9-11-19)12-13-4-6-15(18)7-5-13;13-12-3-1-10(2-4-12)9-11-5-7-14-8-6-11;;/h4-7,14H,8-12H2,1-3H3;1-4,11,14H,5-9H2;2*1H. The van der Waals surface area contributed by atoms with E-state index in [1.165, 1.54) is 43.5 Å². The van der Waals surface area contributed by atoms with E-state index in [9.17, 15) is 4.79 Å². The molecule has 0 radical (unpaired) electrons. The topological polar surface area (TPSA) is 41.6 Å². The highest BCUT2D eigenvalue weighted by atomic mass is 35.5. The van der Waals surface area contributed by atoms with E-state index in [0.717, 1.165) is 48.3 Å². The lowest BCUT2D eigenvalue weighted by molar-refractivity contribution is 0.0184. The number of amides is 1. The summed E-state index contributed by atoms with van der Waals surface area (Å²) in [7, 11) is 0. The minimum absolute atomic E-state index is 0. The van der Waals surface area contributed by atoms with Gasteiger partial charge in [-0.1, -0.05) is 47.5 Å². The van der Waals surface area contributed by atoms with Gasteiger partial charge in [0.15, 0.2) is 0 Å². The quantitative estimate of drug-likeness (QED) is 0.389. The Labute approximate surface area is 245 Å². The van der Waals surface area contributed by atoms with E-state index >= 15 is 0 Å². The Morgan fingerprint density at radius 3 is 1.62 bits per heavy atom. The van der Waals surface area contributed by atoms with Crippen LogP contribution in [0.15, 0.2) is 48.5 Å². The van der Waals surface area contributed by atoms with Crippen molar-refractivity contribution in [3.63, 3.8) is 0 Å². The highest BCUT2D eigenvalue weighted by Gasteiger charge is 2.26. The van der Waals surface area contributed by atoms with Crippen molar-refractivity contribution in [2.45, 2.75) is 64.9 Å². The number of benzene rings is 2.